The molecule has 0 radical (unpaired) electrons. The maximum atomic E-state index is 5.30. The summed E-state index contributed by atoms with van der Waals surface area (Å²) in [5.74, 6) is 1.59. The molecule has 4 rings (SSSR count). The van der Waals surface area contributed by atoms with E-state index in [1.54, 1.807) is 18.4 Å². The van der Waals surface area contributed by atoms with E-state index in [1.165, 1.54) is 0 Å². The lowest BCUT2D eigenvalue weighted by Crippen LogP contribution is -2.24. The summed E-state index contributed by atoms with van der Waals surface area (Å²) < 4.78 is 5.30. The van der Waals surface area contributed by atoms with Crippen LogP contribution in [0.4, 0.5) is 5.82 Å². The molecule has 0 saturated heterocycles. The Balaban J connectivity index is 1.88. The Kier molecular flexibility index (Phi) is 5.32. The second-order valence-corrected chi connectivity index (χ2v) is 7.49. The van der Waals surface area contributed by atoms with Gasteiger partial charge < -0.3 is 9.64 Å². The van der Waals surface area contributed by atoms with Gasteiger partial charge in [0.1, 0.15) is 17.3 Å². The first-order chi connectivity index (χ1) is 13.7. The molecule has 28 heavy (non-hydrogen) atoms. The number of fused-ring (bicyclic) bond motifs is 1. The van der Waals surface area contributed by atoms with Gasteiger partial charge in [0.15, 0.2) is 5.82 Å². The van der Waals surface area contributed by atoms with Gasteiger partial charge >= 0.3 is 0 Å². The zero-order valence-electron chi connectivity index (χ0n) is 16.2. The number of benzene rings is 1. The second kappa shape index (κ2) is 8.04. The van der Waals surface area contributed by atoms with Gasteiger partial charge in [-0.1, -0.05) is 36.4 Å². The Bertz CT molecular complexity index is 1070. The van der Waals surface area contributed by atoms with Crippen LogP contribution in [0, 0.1) is 0 Å². The number of ether oxygens (including phenoxy) is 1. The minimum Gasteiger partial charge on any atom is -0.377 e. The van der Waals surface area contributed by atoms with Gasteiger partial charge in [0.2, 0.25) is 0 Å². The number of pyridine rings is 1. The van der Waals surface area contributed by atoms with Gasteiger partial charge in [-0.25, -0.2) is 9.97 Å². The van der Waals surface area contributed by atoms with E-state index < -0.39 is 0 Å². The van der Waals surface area contributed by atoms with Crippen LogP contribution in [0.3, 0.4) is 0 Å². The molecule has 0 spiro atoms. The molecule has 4 aromatic rings. The zero-order chi connectivity index (χ0) is 19.5. The topological polar surface area (TPSA) is 51.1 Å². The van der Waals surface area contributed by atoms with Crippen molar-refractivity contribution in [3.8, 4) is 11.1 Å². The molecular weight excluding hydrogens is 368 g/mol. The molecule has 6 heteroatoms. The van der Waals surface area contributed by atoms with Gasteiger partial charge in [-0.05, 0) is 24.6 Å². The van der Waals surface area contributed by atoms with Crippen molar-refractivity contribution < 1.29 is 4.74 Å². The fourth-order valence-electron chi connectivity index (χ4n) is 3.25. The lowest BCUT2D eigenvalue weighted by atomic mass is 10.1. The summed E-state index contributed by atoms with van der Waals surface area (Å²) in [6, 6.07) is 16.4. The second-order valence-electron chi connectivity index (χ2n) is 6.63. The Hall–Kier alpha value is -2.83. The normalized spacial score (nSPS) is 12.2. The number of methoxy groups -OCH3 is 1. The van der Waals surface area contributed by atoms with Gasteiger partial charge in [0.05, 0.1) is 17.1 Å². The molecule has 0 aliphatic heterocycles. The third-order valence-electron chi connectivity index (χ3n) is 4.85. The van der Waals surface area contributed by atoms with E-state index >= 15 is 0 Å². The summed E-state index contributed by atoms with van der Waals surface area (Å²) in [6.45, 7) is 2.52. The summed E-state index contributed by atoms with van der Waals surface area (Å²) in [5, 5.41) is 3.23. The van der Waals surface area contributed by atoms with Crippen molar-refractivity contribution in [2.75, 3.05) is 19.1 Å². The molecule has 5 nitrogen and oxygen atoms in total. The first-order valence-electron chi connectivity index (χ1n) is 9.15. The lowest BCUT2D eigenvalue weighted by Gasteiger charge is -2.27. The molecule has 0 bridgehead atoms. The highest BCUT2D eigenvalue weighted by Gasteiger charge is 2.22. The monoisotopic (exact) mass is 390 g/mol. The molecule has 1 atom stereocenters. The average Bonchev–Trinajstić information content (AvgIpc) is 3.17. The lowest BCUT2D eigenvalue weighted by molar-refractivity contribution is 0.178. The van der Waals surface area contributed by atoms with Crippen molar-refractivity contribution >= 4 is 27.4 Å². The van der Waals surface area contributed by atoms with Crippen molar-refractivity contribution in [3.05, 3.63) is 71.6 Å². The minimum absolute atomic E-state index is 0.0678. The molecule has 1 aromatic carbocycles. The number of anilines is 1. The molecule has 0 amide bonds. The van der Waals surface area contributed by atoms with Crippen LogP contribution in [0.1, 0.15) is 24.5 Å². The van der Waals surface area contributed by atoms with E-state index in [0.717, 1.165) is 32.9 Å². The van der Waals surface area contributed by atoms with Gasteiger partial charge in [-0.3, -0.25) is 4.98 Å². The molecule has 1 unspecified atom stereocenters. The van der Waals surface area contributed by atoms with Gasteiger partial charge in [0, 0.05) is 31.3 Å². The summed E-state index contributed by atoms with van der Waals surface area (Å²) >= 11 is 1.64. The molecule has 0 aliphatic carbocycles. The Morgan fingerprint density at radius 1 is 1.07 bits per heavy atom. The van der Waals surface area contributed by atoms with Crippen LogP contribution < -0.4 is 4.90 Å². The minimum atomic E-state index is 0.0678. The number of hydrogen-bond donors (Lipinski definition) is 0. The van der Waals surface area contributed by atoms with E-state index in [4.69, 9.17) is 14.7 Å². The highest BCUT2D eigenvalue weighted by Crippen LogP contribution is 2.39. The number of thiophene rings is 1. The fourth-order valence-corrected chi connectivity index (χ4v) is 4.21. The summed E-state index contributed by atoms with van der Waals surface area (Å²) in [6.07, 6.45) is 1.82. The van der Waals surface area contributed by atoms with Crippen molar-refractivity contribution in [2.45, 2.75) is 19.6 Å². The molecule has 142 valence electrons. The molecule has 3 heterocycles. The van der Waals surface area contributed by atoms with Crippen LogP contribution in [-0.4, -0.2) is 29.1 Å². The molecule has 0 aliphatic rings. The van der Waals surface area contributed by atoms with E-state index in [9.17, 15) is 0 Å². The molecule has 0 saturated carbocycles. The van der Waals surface area contributed by atoms with E-state index in [0.29, 0.717) is 12.4 Å². The Labute approximate surface area is 168 Å². The highest BCUT2D eigenvalue weighted by molar-refractivity contribution is 7.17. The molecule has 0 N–H and O–H groups in total. The van der Waals surface area contributed by atoms with E-state index in [1.807, 2.05) is 30.5 Å². The summed E-state index contributed by atoms with van der Waals surface area (Å²) in [7, 11) is 3.72. The van der Waals surface area contributed by atoms with Crippen molar-refractivity contribution in [1.82, 2.24) is 15.0 Å². The highest BCUT2D eigenvalue weighted by atomic mass is 32.1. The van der Waals surface area contributed by atoms with Crippen molar-refractivity contribution in [2.24, 2.45) is 0 Å². The van der Waals surface area contributed by atoms with Crippen LogP contribution >= 0.6 is 11.3 Å². The molecule has 0 fully saturated rings. The molecule has 3 aromatic heterocycles. The summed E-state index contributed by atoms with van der Waals surface area (Å²) in [4.78, 5) is 17.3. The van der Waals surface area contributed by atoms with Crippen molar-refractivity contribution in [3.63, 3.8) is 0 Å². The van der Waals surface area contributed by atoms with Gasteiger partial charge in [-0.15, -0.1) is 11.3 Å². The number of nitrogens with zero attached hydrogens (tertiary/aromatic N) is 4. The SMILES string of the molecule is COCc1nc(N(C)C(C)c2ccccn2)c2c(-c3ccccc3)csc2n1. The van der Waals surface area contributed by atoms with Crippen LogP contribution in [0.2, 0.25) is 0 Å². The predicted molar refractivity (Wildman–Crippen MR) is 115 cm³/mol. The van der Waals surface area contributed by atoms with Gasteiger partial charge in [-0.2, -0.15) is 0 Å². The maximum absolute atomic E-state index is 5.30. The standard InChI is InChI=1S/C22H22N4OS/c1-15(18-11-7-8-12-23-18)26(2)21-20-17(16-9-5-4-6-10-16)14-28-22(20)25-19(24-21)13-27-3/h4-12,14-15H,13H2,1-3H3. The van der Waals surface area contributed by atoms with E-state index in [-0.39, 0.29) is 6.04 Å². The fraction of sp³-hybridized carbons (Fsp3) is 0.227. The number of rotatable bonds is 6. The third-order valence-corrected chi connectivity index (χ3v) is 5.72. The van der Waals surface area contributed by atoms with Crippen molar-refractivity contribution in [1.29, 1.82) is 0 Å². The van der Waals surface area contributed by atoms with E-state index in [2.05, 4.69) is 53.5 Å². The van der Waals surface area contributed by atoms with Gasteiger partial charge in [0.25, 0.3) is 0 Å². The first kappa shape index (κ1) is 18.5. The smallest absolute Gasteiger partial charge is 0.158 e. The van der Waals surface area contributed by atoms with Crippen LogP contribution in [0.5, 0.6) is 0 Å². The largest absolute Gasteiger partial charge is 0.377 e. The quantitative estimate of drug-likeness (QED) is 0.459. The average molecular weight is 391 g/mol. The van der Waals surface area contributed by atoms with Crippen LogP contribution in [-0.2, 0) is 11.3 Å². The third kappa shape index (κ3) is 3.48. The van der Waals surface area contributed by atoms with Crippen LogP contribution in [0.15, 0.2) is 60.1 Å². The van der Waals surface area contributed by atoms with Crippen LogP contribution in [0.25, 0.3) is 21.3 Å². The first-order valence-corrected chi connectivity index (χ1v) is 10.0. The Morgan fingerprint density at radius 3 is 2.57 bits per heavy atom. The number of aromatic nitrogens is 3. The molecular formula is C22H22N4OS. The summed E-state index contributed by atoms with van der Waals surface area (Å²) in [5.41, 5.74) is 3.32. The maximum Gasteiger partial charge on any atom is 0.158 e. The zero-order valence-corrected chi connectivity index (χ0v) is 17.0. The predicted octanol–water partition coefficient (Wildman–Crippen LogP) is 5.10. The number of hydrogen-bond acceptors (Lipinski definition) is 6. The Morgan fingerprint density at radius 2 is 1.86 bits per heavy atom.